The second-order valence-electron chi connectivity index (χ2n) is 6.43. The third kappa shape index (κ3) is 5.40. The Hall–Kier alpha value is -4.52. The standard InChI is InChI=1S/C20H17N5O7S/c1-32-20-9-5-3-7-17(20)23-33(30,31)15-10-11-16(19(12-15)25(28)29)22-21-13-14-6-2-4-8-18(14)24(26)27/h2-13,22-23H,1H3/b21-13-. The summed E-state index contributed by atoms with van der Waals surface area (Å²) in [6.07, 6.45) is 1.13. The van der Waals surface area contributed by atoms with E-state index in [0.717, 1.165) is 18.3 Å². The van der Waals surface area contributed by atoms with Crippen molar-refractivity contribution in [1.82, 2.24) is 0 Å². The van der Waals surface area contributed by atoms with Gasteiger partial charge in [-0.15, -0.1) is 0 Å². The lowest BCUT2D eigenvalue weighted by Crippen LogP contribution is -2.14. The molecule has 0 atom stereocenters. The first-order chi connectivity index (χ1) is 15.7. The number of methoxy groups -OCH3 is 1. The van der Waals surface area contributed by atoms with E-state index in [1.54, 1.807) is 24.3 Å². The predicted octanol–water partition coefficient (Wildman–Crippen LogP) is 3.76. The van der Waals surface area contributed by atoms with Crippen molar-refractivity contribution in [3.05, 3.63) is 92.5 Å². The van der Waals surface area contributed by atoms with Gasteiger partial charge in [-0.2, -0.15) is 5.10 Å². The summed E-state index contributed by atoms with van der Waals surface area (Å²) in [5.74, 6) is 0.276. The van der Waals surface area contributed by atoms with Crippen LogP contribution < -0.4 is 14.9 Å². The maximum Gasteiger partial charge on any atom is 0.295 e. The molecule has 0 saturated heterocycles. The van der Waals surface area contributed by atoms with Gasteiger partial charge in [0, 0.05) is 12.1 Å². The van der Waals surface area contributed by atoms with Crippen LogP contribution in [0.3, 0.4) is 0 Å². The number of nitrogens with one attached hydrogen (secondary N) is 2. The molecule has 0 bridgehead atoms. The number of nitro groups is 2. The van der Waals surface area contributed by atoms with Gasteiger partial charge in [-0.1, -0.05) is 24.3 Å². The summed E-state index contributed by atoms with van der Waals surface area (Å²) in [6.45, 7) is 0. The molecule has 0 saturated carbocycles. The molecule has 33 heavy (non-hydrogen) atoms. The number of para-hydroxylation sites is 3. The van der Waals surface area contributed by atoms with E-state index in [1.807, 2.05) is 0 Å². The van der Waals surface area contributed by atoms with Gasteiger partial charge in [0.2, 0.25) is 0 Å². The number of hydrogen-bond acceptors (Lipinski definition) is 9. The molecule has 0 spiro atoms. The zero-order chi connectivity index (χ0) is 24.0. The lowest BCUT2D eigenvalue weighted by atomic mass is 10.2. The number of hydrogen-bond donors (Lipinski definition) is 2. The number of nitrogens with zero attached hydrogens (tertiary/aromatic N) is 3. The maximum atomic E-state index is 12.8. The fraction of sp³-hybridized carbons (Fsp3) is 0.0500. The topological polar surface area (TPSA) is 166 Å². The fourth-order valence-electron chi connectivity index (χ4n) is 2.79. The minimum absolute atomic E-state index is 0.105. The lowest BCUT2D eigenvalue weighted by molar-refractivity contribution is -0.385. The van der Waals surface area contributed by atoms with E-state index < -0.39 is 25.6 Å². The van der Waals surface area contributed by atoms with Gasteiger partial charge in [0.1, 0.15) is 11.4 Å². The normalized spacial score (nSPS) is 11.2. The van der Waals surface area contributed by atoms with Crippen molar-refractivity contribution in [2.45, 2.75) is 4.90 Å². The smallest absolute Gasteiger partial charge is 0.295 e. The first kappa shape index (κ1) is 23.1. The monoisotopic (exact) mass is 471 g/mol. The SMILES string of the molecule is COc1ccccc1NS(=O)(=O)c1ccc(N/N=C\c2ccccc2[N+](=O)[O-])c([N+](=O)[O-])c1. The summed E-state index contributed by atoms with van der Waals surface area (Å²) < 4.78 is 32.9. The Balaban J connectivity index is 1.88. The van der Waals surface area contributed by atoms with Gasteiger partial charge in [0.05, 0.1) is 39.3 Å². The van der Waals surface area contributed by atoms with E-state index in [4.69, 9.17) is 4.74 Å². The molecule has 3 aromatic carbocycles. The fourth-order valence-corrected chi connectivity index (χ4v) is 3.88. The van der Waals surface area contributed by atoms with Crippen LogP contribution in [0.5, 0.6) is 5.75 Å². The van der Waals surface area contributed by atoms with Gasteiger partial charge in [0.15, 0.2) is 0 Å². The van der Waals surface area contributed by atoms with Gasteiger partial charge in [0.25, 0.3) is 21.4 Å². The first-order valence-electron chi connectivity index (χ1n) is 9.19. The second-order valence-corrected chi connectivity index (χ2v) is 8.11. The lowest BCUT2D eigenvalue weighted by Gasteiger charge is -2.12. The molecule has 0 fully saturated rings. The van der Waals surface area contributed by atoms with Gasteiger partial charge in [-0.3, -0.25) is 30.4 Å². The second kappa shape index (κ2) is 9.74. The van der Waals surface area contributed by atoms with Crippen molar-refractivity contribution in [3.63, 3.8) is 0 Å². The van der Waals surface area contributed by atoms with Gasteiger partial charge >= 0.3 is 0 Å². The van der Waals surface area contributed by atoms with Crippen molar-refractivity contribution in [2.24, 2.45) is 5.10 Å². The Kier molecular flexibility index (Phi) is 6.83. The molecule has 0 amide bonds. The zero-order valence-corrected chi connectivity index (χ0v) is 17.9. The minimum Gasteiger partial charge on any atom is -0.495 e. The molecule has 0 aliphatic heterocycles. The average Bonchev–Trinajstić information content (AvgIpc) is 2.79. The summed E-state index contributed by atoms with van der Waals surface area (Å²) in [7, 11) is -2.79. The molecule has 2 N–H and O–H groups in total. The number of nitro benzene ring substituents is 2. The van der Waals surface area contributed by atoms with Crippen LogP contribution in [0.4, 0.5) is 22.7 Å². The Morgan fingerprint density at radius 1 is 0.909 bits per heavy atom. The van der Waals surface area contributed by atoms with E-state index >= 15 is 0 Å². The summed E-state index contributed by atoms with van der Waals surface area (Å²) in [4.78, 5) is 20.9. The van der Waals surface area contributed by atoms with Crippen molar-refractivity contribution < 1.29 is 23.0 Å². The number of anilines is 2. The predicted molar refractivity (Wildman–Crippen MR) is 121 cm³/mol. The number of sulfonamides is 1. The summed E-state index contributed by atoms with van der Waals surface area (Å²) in [6, 6.07) is 15.3. The molecular weight excluding hydrogens is 454 g/mol. The van der Waals surface area contributed by atoms with E-state index in [1.165, 1.54) is 37.4 Å². The maximum absolute atomic E-state index is 12.8. The molecule has 0 unspecified atom stereocenters. The Bertz CT molecular complexity index is 1340. The molecule has 0 radical (unpaired) electrons. The summed E-state index contributed by atoms with van der Waals surface area (Å²) in [5.41, 5.74) is 1.91. The molecule has 170 valence electrons. The molecule has 12 nitrogen and oxygen atoms in total. The Morgan fingerprint density at radius 3 is 2.27 bits per heavy atom. The van der Waals surface area contributed by atoms with Crippen LogP contribution in [0, 0.1) is 20.2 Å². The third-order valence-corrected chi connectivity index (χ3v) is 5.71. The number of ether oxygens (including phenoxy) is 1. The molecule has 0 aliphatic carbocycles. The molecule has 0 aromatic heterocycles. The van der Waals surface area contributed by atoms with Crippen molar-refractivity contribution in [3.8, 4) is 5.75 Å². The highest BCUT2D eigenvalue weighted by molar-refractivity contribution is 7.92. The van der Waals surface area contributed by atoms with Crippen LogP contribution in [-0.2, 0) is 10.0 Å². The van der Waals surface area contributed by atoms with Crippen LogP contribution in [0.15, 0.2) is 76.7 Å². The van der Waals surface area contributed by atoms with Crippen molar-refractivity contribution in [2.75, 3.05) is 17.3 Å². The molecular formula is C20H17N5O7S. The highest BCUT2D eigenvalue weighted by Crippen LogP contribution is 2.30. The number of rotatable bonds is 9. The quantitative estimate of drug-likeness (QED) is 0.270. The number of benzene rings is 3. The third-order valence-electron chi connectivity index (χ3n) is 4.35. The van der Waals surface area contributed by atoms with Crippen LogP contribution >= 0.6 is 0 Å². The minimum atomic E-state index is -4.17. The Morgan fingerprint density at radius 2 is 1.58 bits per heavy atom. The van der Waals surface area contributed by atoms with Crippen LogP contribution in [-0.4, -0.2) is 31.6 Å². The van der Waals surface area contributed by atoms with E-state index in [-0.39, 0.29) is 33.3 Å². The zero-order valence-electron chi connectivity index (χ0n) is 17.0. The van der Waals surface area contributed by atoms with Crippen molar-refractivity contribution >= 4 is 39.0 Å². The molecule has 13 heteroatoms. The van der Waals surface area contributed by atoms with Crippen LogP contribution in [0.2, 0.25) is 0 Å². The van der Waals surface area contributed by atoms with E-state index in [9.17, 15) is 28.6 Å². The Labute approximate surface area is 187 Å². The van der Waals surface area contributed by atoms with E-state index in [2.05, 4.69) is 15.2 Å². The van der Waals surface area contributed by atoms with Gasteiger partial charge < -0.3 is 4.74 Å². The summed E-state index contributed by atoms with van der Waals surface area (Å²) >= 11 is 0. The molecule has 3 aromatic rings. The van der Waals surface area contributed by atoms with E-state index in [0.29, 0.717) is 0 Å². The molecule has 0 aliphatic rings. The van der Waals surface area contributed by atoms with Gasteiger partial charge in [-0.05, 0) is 30.3 Å². The van der Waals surface area contributed by atoms with Crippen LogP contribution in [0.1, 0.15) is 5.56 Å². The highest BCUT2D eigenvalue weighted by atomic mass is 32.2. The largest absolute Gasteiger partial charge is 0.495 e. The molecule has 3 rings (SSSR count). The summed E-state index contributed by atoms with van der Waals surface area (Å²) in [5, 5.41) is 26.4. The van der Waals surface area contributed by atoms with Crippen molar-refractivity contribution in [1.29, 1.82) is 0 Å². The average molecular weight is 471 g/mol. The number of hydrazone groups is 1. The highest BCUT2D eigenvalue weighted by Gasteiger charge is 2.22. The van der Waals surface area contributed by atoms with Crippen LogP contribution in [0.25, 0.3) is 0 Å². The van der Waals surface area contributed by atoms with Gasteiger partial charge in [-0.25, -0.2) is 8.42 Å². The molecule has 0 heterocycles. The first-order valence-corrected chi connectivity index (χ1v) is 10.7.